The summed E-state index contributed by atoms with van der Waals surface area (Å²) in [5, 5.41) is 11.2. The number of rotatable bonds is 9. The Labute approximate surface area is 215 Å². The molecule has 0 saturated carbocycles. The van der Waals surface area contributed by atoms with Crippen LogP contribution in [-0.4, -0.2) is 32.9 Å². The van der Waals surface area contributed by atoms with Crippen molar-refractivity contribution in [3.63, 3.8) is 0 Å². The topological polar surface area (TPSA) is 69.6 Å². The van der Waals surface area contributed by atoms with Crippen molar-refractivity contribution in [2.24, 2.45) is 0 Å². The molecule has 1 aliphatic rings. The van der Waals surface area contributed by atoms with E-state index < -0.39 is 35.4 Å². The number of thioether (sulfide) groups is 1. The van der Waals surface area contributed by atoms with Crippen molar-refractivity contribution in [2.45, 2.75) is 38.0 Å². The molecule has 3 rings (SSSR count). The highest BCUT2D eigenvalue weighted by atomic mass is 32.2. The van der Waals surface area contributed by atoms with Gasteiger partial charge in [0, 0.05) is 17.8 Å². The van der Waals surface area contributed by atoms with E-state index in [4.69, 9.17) is 17.3 Å². The van der Waals surface area contributed by atoms with Crippen LogP contribution >= 0.6 is 35.3 Å². The van der Waals surface area contributed by atoms with Gasteiger partial charge in [-0.05, 0) is 59.7 Å². The van der Waals surface area contributed by atoms with Gasteiger partial charge in [0.15, 0.2) is 4.32 Å². The van der Waals surface area contributed by atoms with Crippen molar-refractivity contribution in [2.75, 3.05) is 6.54 Å². The van der Waals surface area contributed by atoms with Crippen LogP contribution in [0.2, 0.25) is 0 Å². The summed E-state index contributed by atoms with van der Waals surface area (Å²) in [6, 6.07) is 2.78. The van der Waals surface area contributed by atoms with Gasteiger partial charge >= 0.3 is 18.3 Å². The Kier molecular flexibility index (Phi) is 8.85. The first-order chi connectivity index (χ1) is 16.8. The fourth-order valence-corrected chi connectivity index (χ4v) is 5.33. The van der Waals surface area contributed by atoms with Crippen molar-refractivity contribution in [1.82, 2.24) is 10.4 Å². The number of aliphatic carboxylic acids is 1. The van der Waals surface area contributed by atoms with Crippen LogP contribution < -0.4 is 5.43 Å². The molecule has 36 heavy (non-hydrogen) atoms. The molecule has 0 bridgehead atoms. The molecule has 1 saturated heterocycles. The lowest BCUT2D eigenvalue weighted by Crippen LogP contribution is -2.41. The normalized spacial score (nSPS) is 15.8. The molecule has 1 aromatic heterocycles. The number of halogens is 6. The third kappa shape index (κ3) is 7.31. The maximum Gasteiger partial charge on any atom is 0.416 e. The number of hydrogen-bond donors (Lipinski definition) is 2. The molecule has 0 aliphatic carbocycles. The van der Waals surface area contributed by atoms with E-state index in [1.165, 1.54) is 22.5 Å². The van der Waals surface area contributed by atoms with Crippen LogP contribution in [0.1, 0.15) is 41.7 Å². The van der Waals surface area contributed by atoms with E-state index in [-0.39, 0.29) is 32.8 Å². The van der Waals surface area contributed by atoms with Crippen molar-refractivity contribution < 1.29 is 41.0 Å². The van der Waals surface area contributed by atoms with Crippen molar-refractivity contribution >= 4 is 57.6 Å². The van der Waals surface area contributed by atoms with Crippen molar-refractivity contribution in [3.05, 3.63) is 50.6 Å². The van der Waals surface area contributed by atoms with Crippen LogP contribution in [0.25, 0.3) is 17.2 Å². The molecule has 0 radical (unpaired) electrons. The average Bonchev–Trinajstić information content (AvgIpc) is 3.34. The smallest absolute Gasteiger partial charge is 0.416 e. The third-order valence-corrected chi connectivity index (χ3v) is 7.13. The van der Waals surface area contributed by atoms with E-state index in [0.717, 1.165) is 23.1 Å². The minimum atomic E-state index is -4.95. The molecule has 1 aromatic carbocycles. The summed E-state index contributed by atoms with van der Waals surface area (Å²) in [7, 11) is 0. The number of thiophene rings is 1. The van der Waals surface area contributed by atoms with E-state index >= 15 is 0 Å². The quantitative estimate of drug-likeness (QED) is 0.150. The second-order valence-corrected chi connectivity index (χ2v) is 10.3. The number of nitrogens with one attached hydrogen (secondary N) is 1. The number of hydrogen-bond acceptors (Lipinski definition) is 6. The van der Waals surface area contributed by atoms with Crippen LogP contribution in [0.4, 0.5) is 26.3 Å². The first kappa shape index (κ1) is 28.2. The van der Waals surface area contributed by atoms with Gasteiger partial charge < -0.3 is 5.11 Å². The highest BCUT2D eigenvalue weighted by Gasteiger charge is 2.37. The van der Waals surface area contributed by atoms with Crippen molar-refractivity contribution in [1.29, 1.82) is 0 Å². The molecule has 1 amide bonds. The largest absolute Gasteiger partial charge is 0.481 e. The summed E-state index contributed by atoms with van der Waals surface area (Å²) in [5.41, 5.74) is -0.0287. The third-order valence-electron chi connectivity index (χ3n) is 4.95. The van der Waals surface area contributed by atoms with Gasteiger partial charge in [0.05, 0.1) is 16.0 Å². The number of hydrazine groups is 1. The second-order valence-electron chi connectivity index (χ2n) is 7.66. The monoisotopic (exact) mass is 568 g/mol. The number of carbonyl (C=O) groups excluding carboxylic acids is 1. The van der Waals surface area contributed by atoms with Crippen molar-refractivity contribution in [3.8, 4) is 11.1 Å². The predicted molar refractivity (Wildman–Crippen MR) is 129 cm³/mol. The molecule has 2 heterocycles. The van der Waals surface area contributed by atoms with E-state index in [1.54, 1.807) is 0 Å². The number of amides is 1. The summed E-state index contributed by atoms with van der Waals surface area (Å²) in [6.07, 6.45) is -6.60. The van der Waals surface area contributed by atoms with E-state index in [0.29, 0.717) is 42.8 Å². The van der Waals surface area contributed by atoms with E-state index in [9.17, 15) is 35.9 Å². The minimum Gasteiger partial charge on any atom is -0.481 e. The van der Waals surface area contributed by atoms with Crippen LogP contribution in [0, 0.1) is 0 Å². The number of alkyl halides is 6. The zero-order chi connectivity index (χ0) is 26.7. The molecule has 1 fully saturated rings. The van der Waals surface area contributed by atoms with Gasteiger partial charge in [0.1, 0.15) is 0 Å². The summed E-state index contributed by atoms with van der Waals surface area (Å²) in [5.74, 6) is -1.32. The van der Waals surface area contributed by atoms with Crippen LogP contribution in [0.3, 0.4) is 0 Å². The lowest BCUT2D eigenvalue weighted by Gasteiger charge is -2.15. The number of carbonyl (C=O) groups is 2. The van der Waals surface area contributed by atoms with Gasteiger partial charge in [-0.25, -0.2) is 10.4 Å². The number of benzene rings is 1. The number of carboxylic acid groups (broad SMARTS) is 1. The lowest BCUT2D eigenvalue weighted by atomic mass is 10.0. The molecule has 2 N–H and O–H groups in total. The van der Waals surface area contributed by atoms with Gasteiger partial charge in [-0.1, -0.05) is 30.4 Å². The zero-order valence-electron chi connectivity index (χ0n) is 18.2. The fraction of sp³-hybridized carbons (Fsp3) is 0.318. The second kappa shape index (κ2) is 11.3. The molecule has 14 heteroatoms. The Morgan fingerprint density at radius 2 is 1.64 bits per heavy atom. The highest BCUT2D eigenvalue weighted by Crippen LogP contribution is 2.40. The van der Waals surface area contributed by atoms with Gasteiger partial charge in [-0.3, -0.25) is 9.59 Å². The molecule has 194 valence electrons. The number of thiocarbonyl (C=S) groups is 1. The van der Waals surface area contributed by atoms with Gasteiger partial charge in [-0.2, -0.15) is 26.3 Å². The first-order valence-electron chi connectivity index (χ1n) is 10.4. The number of unbranched alkanes of at least 4 members (excludes halogenated alkanes) is 2. The fourth-order valence-electron chi connectivity index (χ4n) is 3.20. The maximum absolute atomic E-state index is 13.2. The highest BCUT2D eigenvalue weighted by molar-refractivity contribution is 8.26. The van der Waals surface area contributed by atoms with Crippen LogP contribution in [0.15, 0.2) is 34.6 Å². The Bertz CT molecular complexity index is 1160. The Morgan fingerprint density at radius 1 is 1.00 bits per heavy atom. The molecule has 1 aliphatic heterocycles. The summed E-state index contributed by atoms with van der Waals surface area (Å²) in [4.78, 5) is 23.9. The van der Waals surface area contributed by atoms with E-state index in [2.05, 4.69) is 5.43 Å². The molecule has 2 aromatic rings. The summed E-state index contributed by atoms with van der Waals surface area (Å²) >= 11 is 7.26. The minimum absolute atomic E-state index is 0.0601. The summed E-state index contributed by atoms with van der Waals surface area (Å²) in [6.45, 7) is 0.388. The Balaban J connectivity index is 1.73. The number of carboxylic acids is 1. The zero-order valence-corrected chi connectivity index (χ0v) is 20.7. The van der Waals surface area contributed by atoms with Gasteiger partial charge in [-0.15, -0.1) is 11.3 Å². The first-order valence-corrected chi connectivity index (χ1v) is 12.5. The Hall–Kier alpha value is -2.42. The average molecular weight is 569 g/mol. The molecule has 0 atom stereocenters. The predicted octanol–water partition coefficient (Wildman–Crippen LogP) is 6.80. The standard InChI is InChI=1S/C22H18F6N2O3S3/c23-21(24,25)14-6-12(7-15(9-14)22(26,27)28)13-8-16(35-11-13)10-17-19(33)30(20(34)36-17)29-5-3-1-2-4-18(31)32/h6-11,29H,1-5H2,(H,31,32). The maximum atomic E-state index is 13.2. The SMILES string of the molecule is O=C(O)CCCCCNN1C(=O)C(=Cc2cc(-c3cc(C(F)(F)F)cc(C(F)(F)F)c3)cs2)SC1=S. The van der Waals surface area contributed by atoms with Gasteiger partial charge in [0.25, 0.3) is 5.91 Å². The molecular weight excluding hydrogens is 550 g/mol. The molecular formula is C22H18F6N2O3S3. The van der Waals surface area contributed by atoms with Gasteiger partial charge in [0.2, 0.25) is 0 Å². The van der Waals surface area contributed by atoms with Crippen LogP contribution in [0.5, 0.6) is 0 Å². The molecule has 0 spiro atoms. The molecule has 5 nitrogen and oxygen atoms in total. The summed E-state index contributed by atoms with van der Waals surface area (Å²) < 4.78 is 79.2. The molecule has 0 unspecified atom stereocenters. The number of nitrogens with zero attached hydrogens (tertiary/aromatic N) is 1. The Morgan fingerprint density at radius 3 is 2.22 bits per heavy atom. The van der Waals surface area contributed by atoms with E-state index in [1.807, 2.05) is 0 Å². The lowest BCUT2D eigenvalue weighted by molar-refractivity contribution is -0.143. The van der Waals surface area contributed by atoms with Crippen LogP contribution in [-0.2, 0) is 21.9 Å².